The second-order valence-electron chi connectivity index (χ2n) is 7.14. The molecule has 2 aliphatic rings. The highest BCUT2D eigenvalue weighted by Gasteiger charge is 2.33. The highest BCUT2D eigenvalue weighted by atomic mass is 79.9. The molecule has 0 fully saturated rings. The first-order valence-corrected chi connectivity index (χ1v) is 11.5. The second-order valence-corrected chi connectivity index (χ2v) is 9.74. The summed E-state index contributed by atoms with van der Waals surface area (Å²) < 4.78 is 40.9. The van der Waals surface area contributed by atoms with Gasteiger partial charge >= 0.3 is 0 Å². The van der Waals surface area contributed by atoms with E-state index in [1.54, 1.807) is 13.2 Å². The summed E-state index contributed by atoms with van der Waals surface area (Å²) in [5.74, 6) is 1.25. The molecule has 0 spiro atoms. The highest BCUT2D eigenvalue weighted by Crippen LogP contribution is 2.38. The number of nitrogens with zero attached hydrogens (tertiary/aromatic N) is 1. The standard InChI is InChI=1S/C20H21BrN2O5S/c1-12(24)23-6-5-13-7-15(21)10-19(20(13)23)29(25,26)22-16-8-14-9-17(27-2)3-4-18(14)28-11-16/h3-4,7,9-10,16,22H,5-6,8,11H2,1-2H3/t16-/m1/s1. The minimum Gasteiger partial charge on any atom is -0.497 e. The SMILES string of the molecule is COc1ccc2c(c1)C[C@@H](NS(=O)(=O)c1cc(Br)cc3c1N(C(C)=O)CC3)CO2. The number of halogens is 1. The molecule has 7 nitrogen and oxygen atoms in total. The van der Waals surface area contributed by atoms with Crippen LogP contribution in [0.25, 0.3) is 0 Å². The Hall–Kier alpha value is -2.10. The third-order valence-corrected chi connectivity index (χ3v) is 7.15. The summed E-state index contributed by atoms with van der Waals surface area (Å²) in [6.45, 7) is 2.15. The van der Waals surface area contributed by atoms with Gasteiger partial charge in [-0.2, -0.15) is 0 Å². The van der Waals surface area contributed by atoms with Gasteiger partial charge in [-0.1, -0.05) is 15.9 Å². The lowest BCUT2D eigenvalue weighted by Gasteiger charge is -2.27. The molecule has 0 aliphatic carbocycles. The molecule has 9 heteroatoms. The van der Waals surface area contributed by atoms with Gasteiger partial charge in [0.25, 0.3) is 0 Å². The minimum absolute atomic E-state index is 0.103. The Balaban J connectivity index is 1.64. The van der Waals surface area contributed by atoms with Crippen molar-refractivity contribution in [3.8, 4) is 11.5 Å². The van der Waals surface area contributed by atoms with Crippen molar-refractivity contribution in [1.29, 1.82) is 0 Å². The number of fused-ring (bicyclic) bond motifs is 2. The third-order valence-electron chi connectivity index (χ3n) is 5.16. The van der Waals surface area contributed by atoms with E-state index in [9.17, 15) is 13.2 Å². The zero-order valence-electron chi connectivity index (χ0n) is 16.1. The van der Waals surface area contributed by atoms with Gasteiger partial charge in [0.15, 0.2) is 0 Å². The Kier molecular flexibility index (Phi) is 5.30. The van der Waals surface area contributed by atoms with Gasteiger partial charge in [0.1, 0.15) is 23.0 Å². The van der Waals surface area contributed by atoms with Gasteiger partial charge in [0, 0.05) is 17.9 Å². The number of amides is 1. The maximum Gasteiger partial charge on any atom is 0.243 e. The molecular formula is C20H21BrN2O5S. The average molecular weight is 481 g/mol. The molecule has 4 rings (SSSR count). The van der Waals surface area contributed by atoms with Crippen molar-refractivity contribution in [3.05, 3.63) is 45.9 Å². The van der Waals surface area contributed by atoms with E-state index in [0.29, 0.717) is 35.3 Å². The lowest BCUT2D eigenvalue weighted by Crippen LogP contribution is -2.43. The monoisotopic (exact) mass is 480 g/mol. The van der Waals surface area contributed by atoms with Crippen LogP contribution in [0.2, 0.25) is 0 Å². The molecule has 2 heterocycles. The van der Waals surface area contributed by atoms with Crippen LogP contribution in [0.15, 0.2) is 39.7 Å². The number of ether oxygens (including phenoxy) is 2. The Bertz CT molecular complexity index is 1090. The lowest BCUT2D eigenvalue weighted by molar-refractivity contribution is -0.116. The number of sulfonamides is 1. The van der Waals surface area contributed by atoms with E-state index < -0.39 is 16.1 Å². The topological polar surface area (TPSA) is 84.9 Å². The molecule has 0 radical (unpaired) electrons. The van der Waals surface area contributed by atoms with Gasteiger partial charge in [-0.25, -0.2) is 13.1 Å². The van der Waals surface area contributed by atoms with Crippen molar-refractivity contribution >= 4 is 37.5 Å². The first-order valence-electron chi connectivity index (χ1n) is 9.21. The molecule has 1 N–H and O–H groups in total. The third kappa shape index (κ3) is 3.86. The van der Waals surface area contributed by atoms with E-state index in [1.165, 1.54) is 11.8 Å². The fraction of sp³-hybridized carbons (Fsp3) is 0.350. The van der Waals surface area contributed by atoms with Crippen molar-refractivity contribution in [2.45, 2.75) is 30.7 Å². The van der Waals surface area contributed by atoms with Gasteiger partial charge in [0.05, 0.1) is 18.8 Å². The van der Waals surface area contributed by atoms with Gasteiger partial charge < -0.3 is 14.4 Å². The summed E-state index contributed by atoms with van der Waals surface area (Å²) in [6, 6.07) is 8.47. The molecule has 2 aromatic rings. The molecular weight excluding hydrogens is 460 g/mol. The number of hydrogen-bond donors (Lipinski definition) is 1. The van der Waals surface area contributed by atoms with Crippen LogP contribution in [-0.4, -0.2) is 40.6 Å². The van der Waals surface area contributed by atoms with E-state index in [0.717, 1.165) is 16.9 Å². The Morgan fingerprint density at radius 1 is 1.28 bits per heavy atom. The predicted molar refractivity (Wildman–Crippen MR) is 112 cm³/mol. The number of methoxy groups -OCH3 is 1. The molecule has 0 aromatic heterocycles. The van der Waals surface area contributed by atoms with E-state index in [-0.39, 0.29) is 17.4 Å². The van der Waals surface area contributed by atoms with Gasteiger partial charge in [0.2, 0.25) is 15.9 Å². The van der Waals surface area contributed by atoms with E-state index in [2.05, 4.69) is 20.7 Å². The zero-order chi connectivity index (χ0) is 20.8. The maximum atomic E-state index is 13.3. The van der Waals surface area contributed by atoms with Crippen LogP contribution in [0.3, 0.4) is 0 Å². The molecule has 1 atom stereocenters. The number of nitrogens with one attached hydrogen (secondary N) is 1. The largest absolute Gasteiger partial charge is 0.497 e. The van der Waals surface area contributed by atoms with Crippen LogP contribution >= 0.6 is 15.9 Å². The highest BCUT2D eigenvalue weighted by molar-refractivity contribution is 9.10. The number of hydrogen-bond acceptors (Lipinski definition) is 5. The van der Waals surface area contributed by atoms with E-state index in [1.807, 2.05) is 24.3 Å². The van der Waals surface area contributed by atoms with Crippen molar-refractivity contribution < 1.29 is 22.7 Å². The smallest absolute Gasteiger partial charge is 0.243 e. The number of carbonyl (C=O) groups excluding carboxylic acids is 1. The summed E-state index contributed by atoms with van der Waals surface area (Å²) in [7, 11) is -2.29. The summed E-state index contributed by atoms with van der Waals surface area (Å²) in [4.78, 5) is 13.7. The molecule has 2 aliphatic heterocycles. The van der Waals surface area contributed by atoms with Crippen LogP contribution in [0.5, 0.6) is 11.5 Å². The summed E-state index contributed by atoms with van der Waals surface area (Å²) >= 11 is 3.39. The number of rotatable bonds is 4. The fourth-order valence-electron chi connectivity index (χ4n) is 3.85. The summed E-state index contributed by atoms with van der Waals surface area (Å²) in [5, 5.41) is 0. The van der Waals surface area contributed by atoms with E-state index in [4.69, 9.17) is 9.47 Å². The van der Waals surface area contributed by atoms with Crippen molar-refractivity contribution in [1.82, 2.24) is 4.72 Å². The minimum atomic E-state index is -3.88. The fourth-order valence-corrected chi connectivity index (χ4v) is 6.00. The molecule has 2 aromatic carbocycles. The zero-order valence-corrected chi connectivity index (χ0v) is 18.5. The summed E-state index contributed by atoms with van der Waals surface area (Å²) in [5.41, 5.74) is 2.19. The molecule has 154 valence electrons. The average Bonchev–Trinajstić information content (AvgIpc) is 3.10. The van der Waals surface area contributed by atoms with Crippen molar-refractivity contribution in [3.63, 3.8) is 0 Å². The number of anilines is 1. The molecule has 0 saturated carbocycles. The lowest BCUT2D eigenvalue weighted by atomic mass is 10.0. The van der Waals surface area contributed by atoms with Crippen molar-refractivity contribution in [2.24, 2.45) is 0 Å². The second kappa shape index (κ2) is 7.62. The van der Waals surface area contributed by atoms with Crippen LogP contribution in [0.1, 0.15) is 18.1 Å². The van der Waals surface area contributed by atoms with Crippen LogP contribution in [0, 0.1) is 0 Å². The van der Waals surface area contributed by atoms with Crippen molar-refractivity contribution in [2.75, 3.05) is 25.2 Å². The van der Waals surface area contributed by atoms with Crippen LogP contribution in [-0.2, 0) is 27.7 Å². The molecule has 0 unspecified atom stereocenters. The van der Waals surface area contributed by atoms with Crippen LogP contribution < -0.4 is 19.1 Å². The quantitative estimate of drug-likeness (QED) is 0.726. The normalized spacial score (nSPS) is 18.0. The van der Waals surface area contributed by atoms with Gasteiger partial charge in [-0.15, -0.1) is 0 Å². The first-order chi connectivity index (χ1) is 13.8. The molecule has 1 amide bonds. The Labute approximate surface area is 178 Å². The molecule has 0 saturated heterocycles. The Morgan fingerprint density at radius 2 is 2.07 bits per heavy atom. The Morgan fingerprint density at radius 3 is 2.79 bits per heavy atom. The first kappa shape index (κ1) is 20.2. The van der Waals surface area contributed by atoms with E-state index >= 15 is 0 Å². The summed E-state index contributed by atoms with van der Waals surface area (Å²) in [6.07, 6.45) is 1.11. The molecule has 0 bridgehead atoms. The van der Waals surface area contributed by atoms with Crippen LogP contribution in [0.4, 0.5) is 5.69 Å². The van der Waals surface area contributed by atoms with Gasteiger partial charge in [-0.3, -0.25) is 4.79 Å². The molecule has 29 heavy (non-hydrogen) atoms. The predicted octanol–water partition coefficient (Wildman–Crippen LogP) is 2.65. The number of carbonyl (C=O) groups is 1. The van der Waals surface area contributed by atoms with Gasteiger partial charge in [-0.05, 0) is 54.3 Å². The maximum absolute atomic E-state index is 13.3. The number of benzene rings is 2.